The Morgan fingerprint density at radius 2 is 1.84 bits per heavy atom. The lowest BCUT2D eigenvalue weighted by Crippen LogP contribution is -2.49. The van der Waals surface area contributed by atoms with Crippen molar-refractivity contribution in [3.63, 3.8) is 0 Å². The largest absolute Gasteiger partial charge is 0.328 e. The summed E-state index contributed by atoms with van der Waals surface area (Å²) in [5.74, 6) is 1.35. The normalized spacial score (nSPS) is 22.3. The van der Waals surface area contributed by atoms with Gasteiger partial charge in [0.05, 0.1) is 17.4 Å². The third kappa shape index (κ3) is 4.60. The number of likely N-dealkylation sites (tertiary alicyclic amines) is 1. The molecule has 0 saturated carbocycles. The molecule has 8 nitrogen and oxygen atoms in total. The highest BCUT2D eigenvalue weighted by molar-refractivity contribution is 6.07. The molecule has 0 bridgehead atoms. The van der Waals surface area contributed by atoms with Gasteiger partial charge in [-0.3, -0.25) is 15.0 Å². The van der Waals surface area contributed by atoms with Gasteiger partial charge in [0.15, 0.2) is 0 Å². The lowest BCUT2D eigenvalue weighted by molar-refractivity contribution is -0.120. The average Bonchev–Trinajstić information content (AvgIpc) is 3.19. The topological polar surface area (TPSA) is 82.0 Å². The van der Waals surface area contributed by atoms with E-state index >= 15 is 0 Å². The SMILES string of the molecule is O=C1CCN(c2cnn3ccc(CC4CCN(CC5CCNCC5)CC4)cc23)C(=O)N1. The van der Waals surface area contributed by atoms with Gasteiger partial charge in [-0.25, -0.2) is 9.31 Å². The molecule has 3 saturated heterocycles. The van der Waals surface area contributed by atoms with Gasteiger partial charge in [0.1, 0.15) is 0 Å². The van der Waals surface area contributed by atoms with Crippen LogP contribution < -0.4 is 15.5 Å². The fraction of sp³-hybridized carbons (Fsp3) is 0.609. The van der Waals surface area contributed by atoms with Crippen molar-refractivity contribution in [3.8, 4) is 0 Å². The first-order valence-corrected chi connectivity index (χ1v) is 11.7. The van der Waals surface area contributed by atoms with Gasteiger partial charge in [-0.1, -0.05) is 0 Å². The molecular weight excluding hydrogens is 392 g/mol. The van der Waals surface area contributed by atoms with Gasteiger partial charge >= 0.3 is 6.03 Å². The maximum atomic E-state index is 12.3. The number of nitrogens with one attached hydrogen (secondary N) is 2. The third-order valence-electron chi connectivity index (χ3n) is 7.12. The second kappa shape index (κ2) is 8.96. The maximum absolute atomic E-state index is 12.3. The van der Waals surface area contributed by atoms with Crippen LogP contribution in [0, 0.1) is 11.8 Å². The van der Waals surface area contributed by atoms with Gasteiger partial charge in [0, 0.05) is 25.7 Å². The lowest BCUT2D eigenvalue weighted by atomic mass is 9.89. The second-order valence-corrected chi connectivity index (χ2v) is 9.29. The van der Waals surface area contributed by atoms with E-state index in [2.05, 4.69) is 32.8 Å². The molecule has 3 aliphatic heterocycles. The summed E-state index contributed by atoms with van der Waals surface area (Å²) in [5, 5.41) is 10.3. The second-order valence-electron chi connectivity index (χ2n) is 9.29. The summed E-state index contributed by atoms with van der Waals surface area (Å²) in [5.41, 5.74) is 2.98. The monoisotopic (exact) mass is 424 g/mol. The Balaban J connectivity index is 1.21. The summed E-state index contributed by atoms with van der Waals surface area (Å²) >= 11 is 0. The molecule has 8 heteroatoms. The molecule has 3 fully saturated rings. The molecule has 166 valence electrons. The Labute approximate surface area is 183 Å². The summed E-state index contributed by atoms with van der Waals surface area (Å²) < 4.78 is 1.81. The number of hydrogen-bond acceptors (Lipinski definition) is 5. The number of anilines is 1. The minimum Gasteiger partial charge on any atom is -0.317 e. The van der Waals surface area contributed by atoms with E-state index < -0.39 is 0 Å². The van der Waals surface area contributed by atoms with Crippen LogP contribution in [-0.2, 0) is 11.2 Å². The van der Waals surface area contributed by atoms with E-state index in [1.54, 1.807) is 11.1 Å². The van der Waals surface area contributed by atoms with E-state index in [-0.39, 0.29) is 11.9 Å². The van der Waals surface area contributed by atoms with Crippen molar-refractivity contribution in [2.24, 2.45) is 11.8 Å². The number of rotatable bonds is 5. The van der Waals surface area contributed by atoms with E-state index in [1.165, 1.54) is 64.0 Å². The first-order chi connectivity index (χ1) is 15.2. The van der Waals surface area contributed by atoms with Crippen molar-refractivity contribution in [3.05, 3.63) is 30.1 Å². The highest BCUT2D eigenvalue weighted by atomic mass is 16.2. The number of pyridine rings is 1. The first kappa shape index (κ1) is 20.5. The molecule has 0 aliphatic carbocycles. The van der Waals surface area contributed by atoms with Crippen LogP contribution in [0.5, 0.6) is 0 Å². The zero-order chi connectivity index (χ0) is 21.2. The van der Waals surface area contributed by atoms with Crippen molar-refractivity contribution < 1.29 is 9.59 Å². The van der Waals surface area contributed by atoms with E-state index in [9.17, 15) is 9.59 Å². The van der Waals surface area contributed by atoms with Gasteiger partial charge in [0.25, 0.3) is 0 Å². The fourth-order valence-corrected chi connectivity index (χ4v) is 5.28. The number of aromatic nitrogens is 2. The number of amides is 3. The number of nitrogens with zero attached hydrogens (tertiary/aromatic N) is 4. The van der Waals surface area contributed by atoms with Crippen LogP contribution in [0.3, 0.4) is 0 Å². The van der Waals surface area contributed by atoms with Crippen molar-refractivity contribution in [1.82, 2.24) is 25.1 Å². The molecule has 0 radical (unpaired) electrons. The number of fused-ring (bicyclic) bond motifs is 1. The van der Waals surface area contributed by atoms with Crippen molar-refractivity contribution >= 4 is 23.1 Å². The smallest absolute Gasteiger partial charge is 0.317 e. The van der Waals surface area contributed by atoms with E-state index in [0.29, 0.717) is 18.9 Å². The number of piperidine rings is 2. The minimum atomic E-state index is -0.363. The number of carbonyl (C=O) groups is 2. The molecule has 2 N–H and O–H groups in total. The predicted molar refractivity (Wildman–Crippen MR) is 119 cm³/mol. The molecule has 5 rings (SSSR count). The highest BCUT2D eigenvalue weighted by Gasteiger charge is 2.27. The van der Waals surface area contributed by atoms with Crippen LogP contribution >= 0.6 is 0 Å². The molecule has 0 spiro atoms. The van der Waals surface area contributed by atoms with Gasteiger partial charge in [-0.05, 0) is 87.8 Å². The van der Waals surface area contributed by atoms with Crippen molar-refractivity contribution in [2.75, 3.05) is 44.2 Å². The van der Waals surface area contributed by atoms with Crippen LogP contribution in [0.1, 0.15) is 37.7 Å². The molecule has 3 amide bonds. The molecule has 3 aliphatic rings. The molecule has 31 heavy (non-hydrogen) atoms. The molecule has 0 aromatic carbocycles. The fourth-order valence-electron chi connectivity index (χ4n) is 5.28. The predicted octanol–water partition coefficient (Wildman–Crippen LogP) is 2.03. The molecule has 0 unspecified atom stereocenters. The summed E-state index contributed by atoms with van der Waals surface area (Å²) in [6.07, 6.45) is 10.2. The molecule has 2 aromatic heterocycles. The first-order valence-electron chi connectivity index (χ1n) is 11.7. The van der Waals surface area contributed by atoms with E-state index in [0.717, 1.165) is 23.5 Å². The van der Waals surface area contributed by atoms with Gasteiger partial charge in [-0.2, -0.15) is 5.10 Å². The standard InChI is InChI=1S/C23H32N6O2/c30-22-6-11-28(23(31)26-22)21-15-25-29-12-5-19(14-20(21)29)13-17-3-9-27(10-4-17)16-18-1-7-24-8-2-18/h5,12,14-15,17-18,24H,1-4,6-11,13,16H2,(H,26,30,31). The van der Waals surface area contributed by atoms with Gasteiger partial charge < -0.3 is 10.2 Å². The summed E-state index contributed by atoms with van der Waals surface area (Å²) in [4.78, 5) is 28.0. The van der Waals surface area contributed by atoms with Crippen molar-refractivity contribution in [1.29, 1.82) is 0 Å². The zero-order valence-electron chi connectivity index (χ0n) is 18.1. The Morgan fingerprint density at radius 3 is 2.61 bits per heavy atom. The summed E-state index contributed by atoms with van der Waals surface area (Å²) in [6.45, 7) is 6.42. The Bertz CT molecular complexity index is 943. The Hall–Kier alpha value is -2.45. The van der Waals surface area contributed by atoms with Crippen molar-refractivity contribution in [2.45, 2.75) is 38.5 Å². The van der Waals surface area contributed by atoms with Crippen LogP contribution in [0.2, 0.25) is 0 Å². The van der Waals surface area contributed by atoms with Crippen LogP contribution in [-0.4, -0.2) is 65.7 Å². The zero-order valence-corrected chi connectivity index (χ0v) is 18.1. The Kier molecular flexibility index (Phi) is 5.91. The van der Waals surface area contributed by atoms with E-state index in [4.69, 9.17) is 0 Å². The summed E-state index contributed by atoms with van der Waals surface area (Å²) in [7, 11) is 0. The van der Waals surface area contributed by atoms with Gasteiger partial charge in [-0.15, -0.1) is 0 Å². The molecule has 0 atom stereocenters. The summed E-state index contributed by atoms with van der Waals surface area (Å²) in [6, 6.07) is 3.94. The molecular formula is C23H32N6O2. The maximum Gasteiger partial charge on any atom is 0.328 e. The highest BCUT2D eigenvalue weighted by Crippen LogP contribution is 2.27. The van der Waals surface area contributed by atoms with E-state index in [1.807, 2.05) is 10.7 Å². The Morgan fingerprint density at radius 1 is 1.03 bits per heavy atom. The quantitative estimate of drug-likeness (QED) is 0.768. The minimum absolute atomic E-state index is 0.218. The number of urea groups is 1. The van der Waals surface area contributed by atoms with Crippen LogP contribution in [0.25, 0.3) is 5.52 Å². The molecule has 2 aromatic rings. The third-order valence-corrected chi connectivity index (χ3v) is 7.12. The number of hydrogen-bond donors (Lipinski definition) is 2. The lowest BCUT2D eigenvalue weighted by Gasteiger charge is -2.35. The molecule has 5 heterocycles. The average molecular weight is 425 g/mol. The van der Waals surface area contributed by atoms with Crippen LogP contribution in [0.4, 0.5) is 10.5 Å². The number of carbonyl (C=O) groups excluding carboxylic acids is 2. The number of imide groups is 1. The van der Waals surface area contributed by atoms with Crippen LogP contribution in [0.15, 0.2) is 24.5 Å². The van der Waals surface area contributed by atoms with Gasteiger partial charge in [0.2, 0.25) is 5.91 Å².